The molecule has 2 aromatic rings. The van der Waals surface area contributed by atoms with E-state index in [9.17, 15) is 10.1 Å². The Morgan fingerprint density at radius 2 is 2.33 bits per heavy atom. The predicted molar refractivity (Wildman–Crippen MR) is 53.5 cm³/mol. The monoisotopic (exact) mass is 224 g/mol. The highest BCUT2D eigenvalue weighted by Crippen LogP contribution is 2.26. The van der Waals surface area contributed by atoms with Gasteiger partial charge >= 0.3 is 5.69 Å². The Balaban J connectivity index is 2.63. The third kappa shape index (κ3) is 1.79. The average molecular weight is 225 g/mol. The molecule has 6 nitrogen and oxygen atoms in total. The number of hydrogen-bond donors (Lipinski definition) is 1. The number of aromatic amines is 1. The van der Waals surface area contributed by atoms with Crippen molar-refractivity contribution in [2.75, 3.05) is 0 Å². The van der Waals surface area contributed by atoms with Crippen molar-refractivity contribution in [1.82, 2.24) is 15.0 Å². The van der Waals surface area contributed by atoms with E-state index < -0.39 is 4.92 Å². The second-order valence-electron chi connectivity index (χ2n) is 2.71. The summed E-state index contributed by atoms with van der Waals surface area (Å²) in [6.45, 7) is 0. The largest absolute Gasteiger partial charge is 0.360 e. The van der Waals surface area contributed by atoms with Crippen LogP contribution in [0.25, 0.3) is 11.4 Å². The summed E-state index contributed by atoms with van der Waals surface area (Å²) in [4.78, 5) is 20.4. The molecular weight excluding hydrogens is 220 g/mol. The van der Waals surface area contributed by atoms with Gasteiger partial charge in [-0.05, 0) is 23.7 Å². The van der Waals surface area contributed by atoms with Gasteiger partial charge < -0.3 is 4.98 Å². The van der Waals surface area contributed by atoms with Crippen LogP contribution in [0.2, 0.25) is 5.28 Å². The van der Waals surface area contributed by atoms with Gasteiger partial charge in [0.05, 0.1) is 10.6 Å². The number of hydrogen-bond acceptors (Lipinski definition) is 4. The smallest absolute Gasteiger partial charge is 0.315 e. The molecule has 7 heteroatoms. The number of nitro groups is 1. The van der Waals surface area contributed by atoms with Crippen molar-refractivity contribution < 1.29 is 4.92 Å². The Hall–Kier alpha value is -1.95. The normalized spacial score (nSPS) is 10.2. The molecule has 0 fully saturated rings. The Bertz CT molecular complexity index is 497. The van der Waals surface area contributed by atoms with Crippen molar-refractivity contribution in [2.45, 2.75) is 0 Å². The van der Waals surface area contributed by atoms with E-state index in [-0.39, 0.29) is 16.7 Å². The minimum atomic E-state index is -0.549. The first kappa shape index (κ1) is 9.60. The maximum absolute atomic E-state index is 10.7. The number of nitrogens with one attached hydrogen (secondary N) is 1. The van der Waals surface area contributed by atoms with Crippen LogP contribution in [0, 0.1) is 10.1 Å². The van der Waals surface area contributed by atoms with Crippen molar-refractivity contribution in [3.05, 3.63) is 39.9 Å². The van der Waals surface area contributed by atoms with Crippen molar-refractivity contribution >= 4 is 17.3 Å². The topological polar surface area (TPSA) is 84.7 Å². The van der Waals surface area contributed by atoms with Gasteiger partial charge in [-0.25, -0.2) is 9.97 Å². The highest BCUT2D eigenvalue weighted by atomic mass is 35.5. The van der Waals surface area contributed by atoms with Crippen LogP contribution in [-0.2, 0) is 0 Å². The Labute approximate surface area is 89.1 Å². The van der Waals surface area contributed by atoms with Gasteiger partial charge in [0.25, 0.3) is 0 Å². The standard InChI is InChI=1S/C8H5ClN4O2/c9-8-11-4-6(13(14)15)7(12-8)5-2-1-3-10-5/h1-4,10H. The number of rotatable bonds is 2. The molecule has 0 spiro atoms. The molecule has 2 heterocycles. The van der Waals surface area contributed by atoms with Gasteiger partial charge in [0.2, 0.25) is 5.28 Å². The Kier molecular flexibility index (Phi) is 2.34. The van der Waals surface area contributed by atoms with Crippen molar-refractivity contribution in [2.24, 2.45) is 0 Å². The highest BCUT2D eigenvalue weighted by Gasteiger charge is 2.18. The van der Waals surface area contributed by atoms with Gasteiger partial charge in [-0.3, -0.25) is 10.1 Å². The van der Waals surface area contributed by atoms with E-state index >= 15 is 0 Å². The summed E-state index contributed by atoms with van der Waals surface area (Å²) in [6, 6.07) is 3.39. The summed E-state index contributed by atoms with van der Waals surface area (Å²) in [5.74, 6) is 0. The second-order valence-corrected chi connectivity index (χ2v) is 3.05. The van der Waals surface area contributed by atoms with E-state index in [2.05, 4.69) is 15.0 Å². The zero-order valence-corrected chi connectivity index (χ0v) is 8.10. The first-order valence-corrected chi connectivity index (χ1v) is 4.37. The fourth-order valence-electron chi connectivity index (χ4n) is 1.16. The molecule has 0 saturated heterocycles. The van der Waals surface area contributed by atoms with Crippen LogP contribution in [0.3, 0.4) is 0 Å². The van der Waals surface area contributed by atoms with Crippen LogP contribution in [0.1, 0.15) is 0 Å². The second kappa shape index (κ2) is 3.66. The molecule has 15 heavy (non-hydrogen) atoms. The summed E-state index contributed by atoms with van der Waals surface area (Å²) in [7, 11) is 0. The number of nitrogens with zero attached hydrogens (tertiary/aromatic N) is 3. The first-order chi connectivity index (χ1) is 7.18. The van der Waals surface area contributed by atoms with Gasteiger partial charge in [0, 0.05) is 6.20 Å². The van der Waals surface area contributed by atoms with Crippen LogP contribution in [0.4, 0.5) is 5.69 Å². The van der Waals surface area contributed by atoms with E-state index in [4.69, 9.17) is 11.6 Å². The lowest BCUT2D eigenvalue weighted by Crippen LogP contribution is -1.96. The van der Waals surface area contributed by atoms with E-state index in [0.29, 0.717) is 5.69 Å². The first-order valence-electron chi connectivity index (χ1n) is 3.99. The Morgan fingerprint density at radius 3 is 2.93 bits per heavy atom. The summed E-state index contributed by atoms with van der Waals surface area (Å²) in [5.41, 5.74) is 0.540. The lowest BCUT2D eigenvalue weighted by molar-refractivity contribution is -0.384. The number of aromatic nitrogens is 3. The molecule has 0 aliphatic heterocycles. The molecule has 2 rings (SSSR count). The summed E-state index contributed by atoms with van der Waals surface area (Å²) in [5, 5.41) is 10.7. The van der Waals surface area contributed by atoms with E-state index in [1.807, 2.05) is 0 Å². The third-order valence-corrected chi connectivity index (χ3v) is 1.97. The van der Waals surface area contributed by atoms with Gasteiger partial charge in [0.1, 0.15) is 6.20 Å². The molecule has 2 aromatic heterocycles. The zero-order valence-electron chi connectivity index (χ0n) is 7.35. The van der Waals surface area contributed by atoms with Gasteiger partial charge in [-0.1, -0.05) is 0 Å². The van der Waals surface area contributed by atoms with Gasteiger partial charge in [-0.2, -0.15) is 0 Å². The van der Waals surface area contributed by atoms with Crippen molar-refractivity contribution in [1.29, 1.82) is 0 Å². The van der Waals surface area contributed by atoms with E-state index in [1.165, 1.54) is 0 Å². The summed E-state index contributed by atoms with van der Waals surface area (Å²) in [6.07, 6.45) is 2.74. The van der Waals surface area contributed by atoms with Crippen molar-refractivity contribution in [3.63, 3.8) is 0 Å². The summed E-state index contributed by atoms with van der Waals surface area (Å²) >= 11 is 5.58. The summed E-state index contributed by atoms with van der Waals surface area (Å²) < 4.78 is 0. The molecule has 0 aliphatic carbocycles. The molecule has 0 bridgehead atoms. The molecule has 0 radical (unpaired) electrons. The van der Waals surface area contributed by atoms with Gasteiger partial charge in [0.15, 0.2) is 5.69 Å². The average Bonchev–Trinajstić information content (AvgIpc) is 2.69. The SMILES string of the molecule is O=[N+]([O-])c1cnc(Cl)nc1-c1ccc[nH]1. The third-order valence-electron chi connectivity index (χ3n) is 1.79. The number of H-pyrrole nitrogens is 1. The maximum atomic E-state index is 10.7. The lowest BCUT2D eigenvalue weighted by Gasteiger charge is -1.99. The molecule has 0 atom stereocenters. The molecule has 0 unspecified atom stereocenters. The molecule has 0 amide bonds. The minimum absolute atomic E-state index is 0.0230. The quantitative estimate of drug-likeness (QED) is 0.481. The van der Waals surface area contributed by atoms with Crippen LogP contribution in [-0.4, -0.2) is 19.9 Å². The van der Waals surface area contributed by atoms with E-state index in [1.54, 1.807) is 18.3 Å². The Morgan fingerprint density at radius 1 is 1.53 bits per heavy atom. The molecular formula is C8H5ClN4O2. The highest BCUT2D eigenvalue weighted by molar-refractivity contribution is 6.28. The fourth-order valence-corrected chi connectivity index (χ4v) is 1.30. The zero-order chi connectivity index (χ0) is 10.8. The van der Waals surface area contributed by atoms with Crippen LogP contribution in [0.5, 0.6) is 0 Å². The fraction of sp³-hybridized carbons (Fsp3) is 0. The minimum Gasteiger partial charge on any atom is -0.360 e. The van der Waals surface area contributed by atoms with Crippen LogP contribution < -0.4 is 0 Å². The molecule has 0 saturated carbocycles. The van der Waals surface area contributed by atoms with E-state index in [0.717, 1.165) is 6.20 Å². The molecule has 76 valence electrons. The van der Waals surface area contributed by atoms with Crippen LogP contribution in [0.15, 0.2) is 24.5 Å². The van der Waals surface area contributed by atoms with Crippen molar-refractivity contribution in [3.8, 4) is 11.4 Å². The van der Waals surface area contributed by atoms with Gasteiger partial charge in [-0.15, -0.1) is 0 Å². The van der Waals surface area contributed by atoms with Crippen LogP contribution >= 0.6 is 11.6 Å². The molecule has 0 aliphatic rings. The molecule has 0 aromatic carbocycles. The number of halogens is 1. The molecule has 1 N–H and O–H groups in total. The maximum Gasteiger partial charge on any atom is 0.315 e. The lowest BCUT2D eigenvalue weighted by atomic mass is 10.2. The predicted octanol–water partition coefficient (Wildman–Crippen LogP) is 2.03.